The van der Waals surface area contributed by atoms with Crippen molar-refractivity contribution in [2.75, 3.05) is 11.1 Å². The van der Waals surface area contributed by atoms with Crippen LogP contribution in [0.15, 0.2) is 12.4 Å². The number of nitrogen functional groups attached to an aromatic ring is 1. The third kappa shape index (κ3) is 2.59. The number of aromatic nitrogens is 4. The Labute approximate surface area is 102 Å². The van der Waals surface area contributed by atoms with Crippen molar-refractivity contribution in [2.24, 2.45) is 0 Å². The summed E-state index contributed by atoms with van der Waals surface area (Å²) < 4.78 is 1.75. The van der Waals surface area contributed by atoms with Gasteiger partial charge in [-0.25, -0.2) is 0 Å². The molecule has 0 fully saturated rings. The van der Waals surface area contributed by atoms with Crippen LogP contribution >= 0.6 is 11.3 Å². The third-order valence-electron chi connectivity index (χ3n) is 2.02. The monoisotopic (exact) mass is 252 g/mol. The van der Waals surface area contributed by atoms with E-state index in [-0.39, 0.29) is 22.1 Å². The molecule has 90 valence electrons. The first-order valence-corrected chi connectivity index (χ1v) is 5.82. The number of carbonyl (C=O) groups is 1. The average molecular weight is 252 g/mol. The van der Waals surface area contributed by atoms with Gasteiger partial charge in [0.05, 0.1) is 11.9 Å². The molecule has 0 aliphatic heterocycles. The van der Waals surface area contributed by atoms with E-state index >= 15 is 0 Å². The molecule has 2 aromatic heterocycles. The Morgan fingerprint density at radius 3 is 2.82 bits per heavy atom. The van der Waals surface area contributed by atoms with Gasteiger partial charge in [0.15, 0.2) is 0 Å². The van der Waals surface area contributed by atoms with E-state index in [0.717, 1.165) is 11.3 Å². The third-order valence-corrected chi connectivity index (χ3v) is 2.77. The lowest BCUT2D eigenvalue weighted by molar-refractivity contribution is 0.102. The first-order chi connectivity index (χ1) is 8.06. The van der Waals surface area contributed by atoms with Crippen LogP contribution in [-0.4, -0.2) is 25.9 Å². The van der Waals surface area contributed by atoms with Crippen molar-refractivity contribution in [1.82, 2.24) is 20.0 Å². The molecule has 0 radical (unpaired) electrons. The number of nitrogens with two attached hydrogens (primary N) is 1. The minimum absolute atomic E-state index is 0.236. The normalized spacial score (nSPS) is 10.8. The molecule has 2 aromatic rings. The van der Waals surface area contributed by atoms with Gasteiger partial charge in [0.1, 0.15) is 0 Å². The first kappa shape index (κ1) is 11.5. The van der Waals surface area contributed by atoms with Crippen molar-refractivity contribution in [3.05, 3.63) is 17.4 Å². The second-order valence-corrected chi connectivity index (χ2v) is 4.71. The number of carbonyl (C=O) groups excluding carboxylic acids is 1. The van der Waals surface area contributed by atoms with Crippen molar-refractivity contribution in [1.29, 1.82) is 0 Å². The minimum atomic E-state index is -0.331. The molecular weight excluding hydrogens is 240 g/mol. The van der Waals surface area contributed by atoms with E-state index in [2.05, 4.69) is 20.6 Å². The molecule has 0 saturated heterocycles. The highest BCUT2D eigenvalue weighted by Crippen LogP contribution is 2.14. The SMILES string of the molecule is CC(C)n1cc(NC(=O)c2nnc(N)s2)cn1. The molecule has 7 nitrogen and oxygen atoms in total. The molecule has 8 heteroatoms. The lowest BCUT2D eigenvalue weighted by atomic mass is 10.4. The number of rotatable bonds is 3. The van der Waals surface area contributed by atoms with Crippen LogP contribution in [0.1, 0.15) is 29.7 Å². The fraction of sp³-hybridized carbons (Fsp3) is 0.333. The summed E-state index contributed by atoms with van der Waals surface area (Å²) in [5.74, 6) is -0.331. The second kappa shape index (κ2) is 4.50. The van der Waals surface area contributed by atoms with Gasteiger partial charge in [-0.05, 0) is 13.8 Å². The molecule has 0 aliphatic rings. The van der Waals surface area contributed by atoms with Gasteiger partial charge in [-0.3, -0.25) is 9.48 Å². The maximum Gasteiger partial charge on any atom is 0.286 e. The van der Waals surface area contributed by atoms with Crippen LogP contribution in [0.2, 0.25) is 0 Å². The summed E-state index contributed by atoms with van der Waals surface area (Å²) in [6.45, 7) is 4.01. The lowest BCUT2D eigenvalue weighted by Gasteiger charge is -2.03. The molecule has 0 aromatic carbocycles. The fourth-order valence-electron chi connectivity index (χ4n) is 1.20. The lowest BCUT2D eigenvalue weighted by Crippen LogP contribution is -2.11. The highest BCUT2D eigenvalue weighted by molar-refractivity contribution is 7.16. The Balaban J connectivity index is 2.07. The fourth-order valence-corrected chi connectivity index (χ4v) is 1.70. The van der Waals surface area contributed by atoms with Crippen molar-refractivity contribution >= 4 is 28.1 Å². The van der Waals surface area contributed by atoms with Crippen LogP contribution in [0.25, 0.3) is 0 Å². The molecule has 0 spiro atoms. The smallest absolute Gasteiger partial charge is 0.286 e. The summed E-state index contributed by atoms with van der Waals surface area (Å²) in [5.41, 5.74) is 6.02. The van der Waals surface area contributed by atoms with Crippen molar-refractivity contribution in [3.8, 4) is 0 Å². The van der Waals surface area contributed by atoms with Crippen LogP contribution in [-0.2, 0) is 0 Å². The van der Waals surface area contributed by atoms with E-state index < -0.39 is 0 Å². The van der Waals surface area contributed by atoms with Gasteiger partial charge in [0.2, 0.25) is 10.1 Å². The van der Waals surface area contributed by atoms with E-state index in [4.69, 9.17) is 5.73 Å². The number of anilines is 2. The molecule has 3 N–H and O–H groups in total. The molecular formula is C9H12N6OS. The summed E-state index contributed by atoms with van der Waals surface area (Å²) in [4.78, 5) is 11.7. The van der Waals surface area contributed by atoms with E-state index in [1.165, 1.54) is 0 Å². The molecule has 2 heterocycles. The van der Waals surface area contributed by atoms with Crippen molar-refractivity contribution in [2.45, 2.75) is 19.9 Å². The van der Waals surface area contributed by atoms with E-state index in [9.17, 15) is 4.79 Å². The van der Waals surface area contributed by atoms with Crippen LogP contribution in [0.5, 0.6) is 0 Å². The number of amides is 1. The van der Waals surface area contributed by atoms with Crippen LogP contribution in [0.3, 0.4) is 0 Å². The minimum Gasteiger partial charge on any atom is -0.374 e. The van der Waals surface area contributed by atoms with E-state index in [1.807, 2.05) is 13.8 Å². The van der Waals surface area contributed by atoms with Gasteiger partial charge in [-0.1, -0.05) is 11.3 Å². The molecule has 0 atom stereocenters. The maximum absolute atomic E-state index is 11.7. The summed E-state index contributed by atoms with van der Waals surface area (Å²) in [6.07, 6.45) is 3.34. The number of hydrogen-bond acceptors (Lipinski definition) is 6. The molecule has 0 unspecified atom stereocenters. The molecule has 0 aliphatic carbocycles. The topological polar surface area (TPSA) is 98.7 Å². The molecule has 17 heavy (non-hydrogen) atoms. The second-order valence-electron chi connectivity index (χ2n) is 3.70. The molecule has 2 rings (SSSR count). The van der Waals surface area contributed by atoms with Crippen LogP contribution < -0.4 is 11.1 Å². The Kier molecular flexibility index (Phi) is 3.05. The average Bonchev–Trinajstić information content (AvgIpc) is 2.86. The highest BCUT2D eigenvalue weighted by Gasteiger charge is 2.12. The predicted octanol–water partition coefficient (Wildman–Crippen LogP) is 1.15. The number of nitrogens with zero attached hydrogens (tertiary/aromatic N) is 4. The zero-order valence-corrected chi connectivity index (χ0v) is 10.2. The Morgan fingerprint density at radius 1 is 1.53 bits per heavy atom. The van der Waals surface area contributed by atoms with Crippen molar-refractivity contribution in [3.63, 3.8) is 0 Å². The Morgan fingerprint density at radius 2 is 2.29 bits per heavy atom. The van der Waals surface area contributed by atoms with E-state index in [0.29, 0.717) is 5.69 Å². The Hall–Kier alpha value is -1.96. The van der Waals surface area contributed by atoms with Crippen molar-refractivity contribution < 1.29 is 4.79 Å². The summed E-state index contributed by atoms with van der Waals surface area (Å²) >= 11 is 1.04. The summed E-state index contributed by atoms with van der Waals surface area (Å²) in [6, 6.07) is 0.248. The number of hydrogen-bond donors (Lipinski definition) is 2. The quantitative estimate of drug-likeness (QED) is 0.853. The van der Waals surface area contributed by atoms with Gasteiger partial charge in [0.25, 0.3) is 5.91 Å². The van der Waals surface area contributed by atoms with E-state index in [1.54, 1.807) is 17.1 Å². The zero-order chi connectivity index (χ0) is 12.4. The molecule has 0 bridgehead atoms. The van der Waals surface area contributed by atoms with Gasteiger partial charge in [-0.2, -0.15) is 5.10 Å². The summed E-state index contributed by atoms with van der Waals surface area (Å²) in [5, 5.41) is 14.5. The predicted molar refractivity (Wildman–Crippen MR) is 64.9 cm³/mol. The van der Waals surface area contributed by atoms with Crippen LogP contribution in [0, 0.1) is 0 Å². The van der Waals surface area contributed by atoms with Crippen LogP contribution in [0.4, 0.5) is 10.8 Å². The van der Waals surface area contributed by atoms with Gasteiger partial charge in [0, 0.05) is 12.2 Å². The summed E-state index contributed by atoms with van der Waals surface area (Å²) in [7, 11) is 0. The highest BCUT2D eigenvalue weighted by atomic mass is 32.1. The first-order valence-electron chi connectivity index (χ1n) is 5.00. The van der Waals surface area contributed by atoms with Gasteiger partial charge in [-0.15, -0.1) is 10.2 Å². The Bertz CT molecular complexity index is 531. The largest absolute Gasteiger partial charge is 0.374 e. The standard InChI is InChI=1S/C9H12N6OS/c1-5(2)15-4-6(3-11-15)12-7(16)8-13-14-9(10)17-8/h3-5H,1-2H3,(H2,10,14)(H,12,16). The zero-order valence-electron chi connectivity index (χ0n) is 9.41. The number of nitrogens with one attached hydrogen (secondary N) is 1. The van der Waals surface area contributed by atoms with Gasteiger partial charge < -0.3 is 11.1 Å². The van der Waals surface area contributed by atoms with Gasteiger partial charge >= 0.3 is 0 Å². The molecule has 1 amide bonds. The maximum atomic E-state index is 11.7. The molecule has 0 saturated carbocycles.